The van der Waals surface area contributed by atoms with Gasteiger partial charge in [0.1, 0.15) is 34.7 Å². The van der Waals surface area contributed by atoms with Gasteiger partial charge < -0.3 is 14.5 Å². The van der Waals surface area contributed by atoms with Gasteiger partial charge in [0.15, 0.2) is 19.0 Å². The maximum Gasteiger partial charge on any atom is 0.408 e. The molecule has 1 N–H and O–H groups in total. The van der Waals surface area contributed by atoms with Gasteiger partial charge in [0.2, 0.25) is 0 Å². The number of nitriles is 1. The average Bonchev–Trinajstić information content (AvgIpc) is 3.30. The van der Waals surface area contributed by atoms with Crippen molar-refractivity contribution in [3.8, 4) is 29.0 Å². The van der Waals surface area contributed by atoms with Crippen LogP contribution in [0.15, 0.2) is 42.5 Å². The lowest BCUT2D eigenvalue weighted by Gasteiger charge is -2.28. The van der Waals surface area contributed by atoms with E-state index in [0.29, 0.717) is 26.5 Å². The summed E-state index contributed by atoms with van der Waals surface area (Å²) < 4.78 is 55.2. The second kappa shape index (κ2) is 13.2. The van der Waals surface area contributed by atoms with E-state index in [-0.39, 0.29) is 23.2 Å². The molecule has 0 aliphatic heterocycles. The van der Waals surface area contributed by atoms with Gasteiger partial charge in [-0.3, -0.25) is 0 Å². The van der Waals surface area contributed by atoms with E-state index >= 15 is 0 Å². The van der Waals surface area contributed by atoms with E-state index in [4.69, 9.17) is 14.1 Å². The fraction of sp³-hybridized carbons (Fsp3) is 0.353. The highest BCUT2D eigenvalue weighted by Gasteiger charge is 2.27. The first-order valence-corrected chi connectivity index (χ1v) is 18.7. The molecule has 1 amide bonds. The molecule has 2 aromatic carbocycles. The maximum absolute atomic E-state index is 14.4. The van der Waals surface area contributed by atoms with Crippen molar-refractivity contribution < 1.29 is 27.1 Å². The SMILES string of the molecule is CC(C)(C)OC(=O)NC(Cc1cc(F)cc(F)c1)c1nc2nc(C#CC(C)(C)O[Si](C)(C)C)sc2cc1-c1ccc(F)c(C#N)c1. The first-order chi connectivity index (χ1) is 21.3. The Morgan fingerprint density at radius 2 is 1.70 bits per heavy atom. The molecule has 1 atom stereocenters. The second-order valence-corrected chi connectivity index (χ2v) is 18.7. The summed E-state index contributed by atoms with van der Waals surface area (Å²) in [7, 11) is -1.88. The number of aromatic nitrogens is 2. The Labute approximate surface area is 271 Å². The minimum atomic E-state index is -1.88. The van der Waals surface area contributed by atoms with Crippen molar-refractivity contribution in [3.05, 3.63) is 81.7 Å². The van der Waals surface area contributed by atoms with E-state index in [1.54, 1.807) is 26.8 Å². The zero-order valence-corrected chi connectivity index (χ0v) is 28.8. The Bertz CT molecular complexity index is 1880. The number of fused-ring (bicyclic) bond motifs is 1. The predicted octanol–water partition coefficient (Wildman–Crippen LogP) is 8.44. The highest BCUT2D eigenvalue weighted by atomic mass is 32.1. The van der Waals surface area contributed by atoms with Crippen molar-refractivity contribution in [3.63, 3.8) is 0 Å². The van der Waals surface area contributed by atoms with E-state index in [1.165, 1.54) is 29.5 Å². The van der Waals surface area contributed by atoms with Gasteiger partial charge in [-0.05, 0) is 108 Å². The minimum absolute atomic E-state index is 0.0786. The Morgan fingerprint density at radius 3 is 2.30 bits per heavy atom. The normalized spacial score (nSPS) is 12.7. The fourth-order valence-electron chi connectivity index (χ4n) is 4.83. The summed E-state index contributed by atoms with van der Waals surface area (Å²) >= 11 is 1.29. The monoisotopic (exact) mass is 664 g/mol. The lowest BCUT2D eigenvalue weighted by Crippen LogP contribution is -2.37. The number of ether oxygens (including phenoxy) is 1. The van der Waals surface area contributed by atoms with Gasteiger partial charge in [-0.25, -0.2) is 27.9 Å². The lowest BCUT2D eigenvalue weighted by molar-refractivity contribution is 0.0502. The number of pyridine rings is 1. The van der Waals surface area contributed by atoms with Gasteiger partial charge in [0, 0.05) is 11.6 Å². The molecule has 0 aliphatic rings. The lowest BCUT2D eigenvalue weighted by atomic mass is 9.94. The molecule has 2 heterocycles. The van der Waals surface area contributed by atoms with Gasteiger partial charge in [-0.2, -0.15) is 5.26 Å². The van der Waals surface area contributed by atoms with Gasteiger partial charge >= 0.3 is 6.09 Å². The number of nitrogens with zero attached hydrogens (tertiary/aromatic N) is 3. The van der Waals surface area contributed by atoms with Crippen LogP contribution in [0.4, 0.5) is 18.0 Å². The molecule has 0 saturated heterocycles. The van der Waals surface area contributed by atoms with Crippen LogP contribution in [0.5, 0.6) is 0 Å². The van der Waals surface area contributed by atoms with Crippen LogP contribution < -0.4 is 5.32 Å². The largest absolute Gasteiger partial charge is 0.444 e. The quantitative estimate of drug-likeness (QED) is 0.157. The second-order valence-electron chi connectivity index (χ2n) is 13.2. The number of thiazole rings is 1. The highest BCUT2D eigenvalue weighted by Crippen LogP contribution is 2.35. The zero-order chi connectivity index (χ0) is 34.0. The molecule has 7 nitrogen and oxygen atoms in total. The number of halogens is 3. The van der Waals surface area contributed by atoms with Crippen LogP contribution in [0.25, 0.3) is 21.5 Å². The summed E-state index contributed by atoms with van der Waals surface area (Å²) in [4.78, 5) is 22.5. The van der Waals surface area contributed by atoms with Crippen LogP contribution in [0.1, 0.15) is 62.5 Å². The number of rotatable bonds is 7. The summed E-state index contributed by atoms with van der Waals surface area (Å²) in [5, 5.41) is 12.8. The van der Waals surface area contributed by atoms with Crippen LogP contribution in [0.2, 0.25) is 19.6 Å². The van der Waals surface area contributed by atoms with Crippen LogP contribution in [-0.4, -0.2) is 35.6 Å². The number of alkyl carbamates (subject to hydrolysis) is 1. The predicted molar refractivity (Wildman–Crippen MR) is 175 cm³/mol. The molecule has 4 rings (SSSR count). The average molecular weight is 665 g/mol. The first kappa shape index (κ1) is 34.6. The van der Waals surface area contributed by atoms with Gasteiger partial charge in [-0.1, -0.05) is 12.0 Å². The molecule has 4 aromatic rings. The molecule has 240 valence electrons. The molecular weight excluding hydrogens is 630 g/mol. The minimum Gasteiger partial charge on any atom is -0.444 e. The molecule has 46 heavy (non-hydrogen) atoms. The number of hydrogen-bond donors (Lipinski definition) is 1. The summed E-state index contributed by atoms with van der Waals surface area (Å²) in [5.41, 5.74) is -0.0101. The number of hydrogen-bond acceptors (Lipinski definition) is 7. The Balaban J connectivity index is 1.91. The molecule has 0 bridgehead atoms. The smallest absolute Gasteiger partial charge is 0.408 e. The van der Waals surface area contributed by atoms with Gasteiger partial charge in [0.05, 0.1) is 22.0 Å². The number of carbonyl (C=O) groups excluding carboxylic acids is 1. The Hall–Kier alpha value is -4.23. The molecule has 0 spiro atoms. The molecular formula is C34H35F3N4O3SSi. The van der Waals surface area contributed by atoms with Crippen molar-refractivity contribution >= 4 is 36.1 Å². The number of amides is 1. The Kier molecular flexibility index (Phi) is 9.97. The van der Waals surface area contributed by atoms with Crippen molar-refractivity contribution in [1.29, 1.82) is 5.26 Å². The standard InChI is InChI=1S/C34H35F3N4O3SSi/c1-33(2,3)43-32(42)39-27(15-20-13-23(35)17-24(36)14-20)30-25(21-9-10-26(37)22(16-21)19-38)18-28-31(41-30)40-29(45-28)11-12-34(4,5)44-46(6,7)8/h9-10,13-14,16-18,27H,15H2,1-8H3,(H,39,42). The molecule has 2 aromatic heterocycles. The van der Waals surface area contributed by atoms with Crippen LogP contribution in [0, 0.1) is 40.6 Å². The number of nitrogens with one attached hydrogen (secondary N) is 1. The topological polar surface area (TPSA) is 97.1 Å². The van der Waals surface area contributed by atoms with Gasteiger partial charge in [0.25, 0.3) is 0 Å². The third-order valence-electron chi connectivity index (χ3n) is 6.23. The molecule has 0 saturated carbocycles. The molecule has 0 radical (unpaired) electrons. The molecule has 0 fully saturated rings. The van der Waals surface area contributed by atoms with E-state index in [9.17, 15) is 23.2 Å². The maximum atomic E-state index is 14.4. The number of benzene rings is 2. The van der Waals surface area contributed by atoms with Crippen molar-refractivity contribution in [2.45, 2.75) is 77.9 Å². The molecule has 12 heteroatoms. The highest BCUT2D eigenvalue weighted by molar-refractivity contribution is 7.19. The third-order valence-corrected chi connectivity index (χ3v) is 8.25. The van der Waals surface area contributed by atoms with Crippen molar-refractivity contribution in [2.75, 3.05) is 0 Å². The molecule has 1 unspecified atom stereocenters. The van der Waals surface area contributed by atoms with Crippen molar-refractivity contribution in [2.24, 2.45) is 0 Å². The third kappa shape index (κ3) is 9.39. The van der Waals surface area contributed by atoms with E-state index in [2.05, 4.69) is 41.8 Å². The summed E-state index contributed by atoms with van der Waals surface area (Å²) in [6.07, 6.45) is -0.862. The van der Waals surface area contributed by atoms with E-state index in [0.717, 1.165) is 18.2 Å². The first-order valence-electron chi connectivity index (χ1n) is 14.5. The van der Waals surface area contributed by atoms with Crippen molar-refractivity contribution in [1.82, 2.24) is 15.3 Å². The van der Waals surface area contributed by atoms with Gasteiger partial charge in [-0.15, -0.1) is 11.3 Å². The molecule has 0 aliphatic carbocycles. The number of carbonyl (C=O) groups is 1. The van der Waals surface area contributed by atoms with E-state index in [1.807, 2.05) is 19.9 Å². The summed E-state index contributed by atoms with van der Waals surface area (Å²) in [6, 6.07) is 9.77. The van der Waals surface area contributed by atoms with E-state index < -0.39 is 49.1 Å². The summed E-state index contributed by atoms with van der Waals surface area (Å²) in [5.74, 6) is 3.98. The Morgan fingerprint density at radius 1 is 1.02 bits per heavy atom. The van der Waals surface area contributed by atoms with Crippen LogP contribution in [-0.2, 0) is 15.6 Å². The van der Waals surface area contributed by atoms with Crippen LogP contribution in [0.3, 0.4) is 0 Å². The summed E-state index contributed by atoms with van der Waals surface area (Å²) in [6.45, 7) is 15.1. The van der Waals surface area contributed by atoms with Crippen LogP contribution >= 0.6 is 11.3 Å². The zero-order valence-electron chi connectivity index (χ0n) is 26.9. The fourth-order valence-corrected chi connectivity index (χ4v) is 7.22.